The van der Waals surface area contributed by atoms with Crippen LogP contribution in [0.3, 0.4) is 0 Å². The van der Waals surface area contributed by atoms with E-state index in [9.17, 15) is 4.79 Å². The number of thiazole rings is 1. The first kappa shape index (κ1) is 10.8. The molecule has 0 saturated carbocycles. The van der Waals surface area contributed by atoms with Crippen LogP contribution in [-0.4, -0.2) is 10.8 Å². The highest BCUT2D eigenvalue weighted by atomic mass is 32.1. The molecule has 0 saturated heterocycles. The van der Waals surface area contributed by atoms with Gasteiger partial charge in [0, 0.05) is 17.2 Å². The summed E-state index contributed by atoms with van der Waals surface area (Å²) in [6.07, 6.45) is 2.74. The molecule has 3 heteroatoms. The van der Waals surface area contributed by atoms with Crippen molar-refractivity contribution in [2.45, 2.75) is 46.0 Å². The number of nitrogens with zero attached hydrogens (tertiary/aromatic N) is 1. The van der Waals surface area contributed by atoms with Crippen LogP contribution >= 0.6 is 11.3 Å². The predicted molar refractivity (Wildman–Crippen MR) is 62.6 cm³/mol. The van der Waals surface area contributed by atoms with E-state index in [0.717, 1.165) is 23.5 Å². The summed E-state index contributed by atoms with van der Waals surface area (Å²) in [6, 6.07) is 0. The van der Waals surface area contributed by atoms with Gasteiger partial charge < -0.3 is 0 Å². The van der Waals surface area contributed by atoms with Gasteiger partial charge in [0.15, 0.2) is 5.78 Å². The maximum Gasteiger partial charge on any atom is 0.182 e. The largest absolute Gasteiger partial charge is 0.292 e. The van der Waals surface area contributed by atoms with E-state index < -0.39 is 0 Å². The molecule has 0 aromatic carbocycles. The molecule has 0 fully saturated rings. The highest BCUT2D eigenvalue weighted by molar-refractivity contribution is 7.12. The van der Waals surface area contributed by atoms with Crippen molar-refractivity contribution in [3.8, 4) is 0 Å². The fourth-order valence-electron chi connectivity index (χ4n) is 1.77. The van der Waals surface area contributed by atoms with Crippen LogP contribution in [0.2, 0.25) is 0 Å². The third kappa shape index (κ3) is 1.98. The van der Waals surface area contributed by atoms with Crippen molar-refractivity contribution in [3.05, 3.63) is 15.6 Å². The summed E-state index contributed by atoms with van der Waals surface area (Å²) in [7, 11) is 0. The maximum absolute atomic E-state index is 11.6. The number of Topliss-reactive ketones (excluding diaryl/α,β-unsaturated/α-hetero) is 1. The quantitative estimate of drug-likeness (QED) is 0.769. The minimum atomic E-state index is 0.245. The maximum atomic E-state index is 11.6. The molecule has 2 rings (SSSR count). The molecule has 1 aliphatic rings. The first-order chi connectivity index (χ1) is 7.09. The normalized spacial score (nSPS) is 18.0. The van der Waals surface area contributed by atoms with Crippen molar-refractivity contribution in [1.82, 2.24) is 4.98 Å². The summed E-state index contributed by atoms with van der Waals surface area (Å²) in [5, 5.41) is 1.14. The smallest absolute Gasteiger partial charge is 0.182 e. The van der Waals surface area contributed by atoms with E-state index in [-0.39, 0.29) is 5.78 Å². The number of rotatable bonds is 2. The van der Waals surface area contributed by atoms with Gasteiger partial charge >= 0.3 is 0 Å². The average molecular weight is 223 g/mol. The van der Waals surface area contributed by atoms with Gasteiger partial charge in [0.2, 0.25) is 0 Å². The molecule has 0 spiro atoms. The molecule has 15 heavy (non-hydrogen) atoms. The SMILES string of the molecule is CC(C)C(C)c1nc2c(s1)CCCC2=O. The minimum Gasteiger partial charge on any atom is -0.292 e. The number of fused-ring (bicyclic) bond motifs is 1. The number of carbonyl (C=O) groups is 1. The number of ketones is 1. The summed E-state index contributed by atoms with van der Waals surface area (Å²) >= 11 is 1.74. The monoisotopic (exact) mass is 223 g/mol. The molecule has 0 aliphatic heterocycles. The van der Waals surface area contributed by atoms with Crippen molar-refractivity contribution in [1.29, 1.82) is 0 Å². The Morgan fingerprint density at radius 2 is 2.00 bits per heavy atom. The fourth-order valence-corrected chi connectivity index (χ4v) is 3.12. The highest BCUT2D eigenvalue weighted by Crippen LogP contribution is 2.33. The van der Waals surface area contributed by atoms with Crippen molar-refractivity contribution in [2.75, 3.05) is 0 Å². The van der Waals surface area contributed by atoms with E-state index in [1.807, 2.05) is 0 Å². The Morgan fingerprint density at radius 1 is 1.27 bits per heavy atom. The summed E-state index contributed by atoms with van der Waals surface area (Å²) in [5.74, 6) is 1.30. The Morgan fingerprint density at radius 3 is 2.60 bits per heavy atom. The minimum absolute atomic E-state index is 0.245. The van der Waals surface area contributed by atoms with Crippen LogP contribution in [0, 0.1) is 5.92 Å². The molecule has 1 aliphatic carbocycles. The highest BCUT2D eigenvalue weighted by Gasteiger charge is 2.24. The van der Waals surface area contributed by atoms with Crippen LogP contribution in [-0.2, 0) is 6.42 Å². The zero-order chi connectivity index (χ0) is 11.0. The van der Waals surface area contributed by atoms with Gasteiger partial charge in [0.05, 0.1) is 5.01 Å². The van der Waals surface area contributed by atoms with E-state index in [2.05, 4.69) is 25.8 Å². The molecule has 2 nitrogen and oxygen atoms in total. The number of hydrogen-bond donors (Lipinski definition) is 0. The second-order valence-electron chi connectivity index (χ2n) is 4.63. The van der Waals surface area contributed by atoms with Crippen molar-refractivity contribution >= 4 is 17.1 Å². The Bertz CT molecular complexity index is 381. The molecule has 0 N–H and O–H groups in total. The lowest BCUT2D eigenvalue weighted by atomic mass is 9.98. The molecule has 1 heterocycles. The van der Waals surface area contributed by atoms with Gasteiger partial charge in [-0.05, 0) is 18.8 Å². The van der Waals surface area contributed by atoms with E-state index in [1.165, 1.54) is 4.88 Å². The van der Waals surface area contributed by atoms with Crippen LogP contribution in [0.15, 0.2) is 0 Å². The Labute approximate surface area is 94.7 Å². The molecule has 1 unspecified atom stereocenters. The number of carbonyl (C=O) groups excluding carboxylic acids is 1. The lowest BCUT2D eigenvalue weighted by Crippen LogP contribution is -2.09. The molecule has 82 valence electrons. The zero-order valence-electron chi connectivity index (χ0n) is 9.54. The first-order valence-electron chi connectivity index (χ1n) is 5.62. The van der Waals surface area contributed by atoms with Crippen LogP contribution < -0.4 is 0 Å². The van der Waals surface area contributed by atoms with Crippen LogP contribution in [0.25, 0.3) is 0 Å². The van der Waals surface area contributed by atoms with E-state index >= 15 is 0 Å². The third-order valence-corrected chi connectivity index (χ3v) is 4.49. The van der Waals surface area contributed by atoms with Gasteiger partial charge in [-0.15, -0.1) is 11.3 Å². The molecule has 0 radical (unpaired) electrons. The number of hydrogen-bond acceptors (Lipinski definition) is 3. The number of aromatic nitrogens is 1. The van der Waals surface area contributed by atoms with Gasteiger partial charge in [-0.1, -0.05) is 20.8 Å². The van der Waals surface area contributed by atoms with Crippen molar-refractivity contribution in [2.24, 2.45) is 5.92 Å². The zero-order valence-corrected chi connectivity index (χ0v) is 10.4. The summed E-state index contributed by atoms with van der Waals surface area (Å²) in [6.45, 7) is 6.60. The lowest BCUT2D eigenvalue weighted by Gasteiger charge is -2.11. The van der Waals surface area contributed by atoms with Crippen LogP contribution in [0.4, 0.5) is 0 Å². The van der Waals surface area contributed by atoms with E-state index in [4.69, 9.17) is 0 Å². The van der Waals surface area contributed by atoms with E-state index in [0.29, 0.717) is 18.3 Å². The summed E-state index contributed by atoms with van der Waals surface area (Å²) in [4.78, 5) is 17.4. The summed E-state index contributed by atoms with van der Waals surface area (Å²) < 4.78 is 0. The second-order valence-corrected chi connectivity index (χ2v) is 5.75. The van der Waals surface area contributed by atoms with Crippen LogP contribution in [0.1, 0.15) is 59.9 Å². The molecule has 0 amide bonds. The van der Waals surface area contributed by atoms with E-state index in [1.54, 1.807) is 11.3 Å². The van der Waals surface area contributed by atoms with Gasteiger partial charge in [0.25, 0.3) is 0 Å². The molecular formula is C12H17NOS. The Balaban J connectivity index is 2.33. The van der Waals surface area contributed by atoms with Gasteiger partial charge in [-0.2, -0.15) is 0 Å². The average Bonchev–Trinajstić information content (AvgIpc) is 2.61. The predicted octanol–water partition coefficient (Wildman–Crippen LogP) is 3.42. The Hall–Kier alpha value is -0.700. The standard InChI is InChI=1S/C12H17NOS/c1-7(2)8(3)12-13-11-9(14)5-4-6-10(11)15-12/h7-8H,4-6H2,1-3H3. The van der Waals surface area contributed by atoms with Gasteiger partial charge in [-0.3, -0.25) is 4.79 Å². The molecule has 1 aromatic rings. The third-order valence-electron chi connectivity index (χ3n) is 3.18. The van der Waals surface area contributed by atoms with Crippen molar-refractivity contribution in [3.63, 3.8) is 0 Å². The molecule has 1 aromatic heterocycles. The first-order valence-corrected chi connectivity index (χ1v) is 6.44. The van der Waals surface area contributed by atoms with Crippen LogP contribution in [0.5, 0.6) is 0 Å². The fraction of sp³-hybridized carbons (Fsp3) is 0.667. The topological polar surface area (TPSA) is 30.0 Å². The molecule has 1 atom stereocenters. The van der Waals surface area contributed by atoms with Gasteiger partial charge in [-0.25, -0.2) is 4.98 Å². The van der Waals surface area contributed by atoms with Gasteiger partial charge in [0.1, 0.15) is 5.69 Å². The summed E-state index contributed by atoms with van der Waals surface area (Å²) in [5.41, 5.74) is 0.772. The van der Waals surface area contributed by atoms with Crippen molar-refractivity contribution < 1.29 is 4.79 Å². The lowest BCUT2D eigenvalue weighted by molar-refractivity contribution is 0.0968. The second kappa shape index (κ2) is 4.05. The Kier molecular flexibility index (Phi) is 2.91. The number of aryl methyl sites for hydroxylation is 1. The molecule has 0 bridgehead atoms. The molecular weight excluding hydrogens is 206 g/mol.